The van der Waals surface area contributed by atoms with Gasteiger partial charge in [0, 0.05) is 21.0 Å². The van der Waals surface area contributed by atoms with Crippen molar-refractivity contribution in [2.45, 2.75) is 33.2 Å². The first-order valence-electron chi connectivity index (χ1n) is 6.59. The Hall–Kier alpha value is -0.710. The van der Waals surface area contributed by atoms with Crippen molar-refractivity contribution >= 4 is 27.3 Å². The van der Waals surface area contributed by atoms with E-state index in [1.165, 1.54) is 10.4 Å². The van der Waals surface area contributed by atoms with Crippen LogP contribution in [0.2, 0.25) is 0 Å². The number of aromatic nitrogens is 1. The number of nitrogens with one attached hydrogen (secondary N) is 1. The Morgan fingerprint density at radius 3 is 2.79 bits per heavy atom. The van der Waals surface area contributed by atoms with Gasteiger partial charge in [-0.05, 0) is 32.9 Å². The van der Waals surface area contributed by atoms with Crippen molar-refractivity contribution in [2.75, 3.05) is 6.54 Å². The van der Waals surface area contributed by atoms with Crippen LogP contribution in [-0.2, 0) is 0 Å². The van der Waals surface area contributed by atoms with Crippen LogP contribution in [-0.4, -0.2) is 11.5 Å². The van der Waals surface area contributed by atoms with E-state index >= 15 is 0 Å². The lowest BCUT2D eigenvalue weighted by Crippen LogP contribution is -2.18. The molecule has 2 nitrogen and oxygen atoms in total. The van der Waals surface area contributed by atoms with Crippen LogP contribution in [0.5, 0.6) is 0 Å². The summed E-state index contributed by atoms with van der Waals surface area (Å²) >= 11 is 5.38. The molecular weight excluding hydrogens is 320 g/mol. The maximum atomic E-state index is 4.72. The van der Waals surface area contributed by atoms with Gasteiger partial charge < -0.3 is 5.32 Å². The van der Waals surface area contributed by atoms with Gasteiger partial charge in [-0.25, -0.2) is 4.98 Å². The highest BCUT2D eigenvalue weighted by Crippen LogP contribution is 2.35. The van der Waals surface area contributed by atoms with Gasteiger partial charge >= 0.3 is 0 Å². The van der Waals surface area contributed by atoms with E-state index < -0.39 is 0 Å². The highest BCUT2D eigenvalue weighted by Gasteiger charge is 2.15. The van der Waals surface area contributed by atoms with Gasteiger partial charge in [0.1, 0.15) is 5.01 Å². The molecule has 1 heterocycles. The quantitative estimate of drug-likeness (QED) is 0.834. The van der Waals surface area contributed by atoms with Gasteiger partial charge in [0.2, 0.25) is 0 Å². The second kappa shape index (κ2) is 6.64. The van der Waals surface area contributed by atoms with Gasteiger partial charge in [0.25, 0.3) is 0 Å². The molecule has 2 rings (SSSR count). The van der Waals surface area contributed by atoms with Crippen LogP contribution in [0.1, 0.15) is 36.9 Å². The summed E-state index contributed by atoms with van der Waals surface area (Å²) in [5.74, 6) is 0. The Kier molecular flexibility index (Phi) is 5.13. The zero-order valence-electron chi connectivity index (χ0n) is 11.5. The van der Waals surface area contributed by atoms with E-state index in [-0.39, 0.29) is 0 Å². The molecule has 1 unspecified atom stereocenters. The van der Waals surface area contributed by atoms with Gasteiger partial charge in [0.05, 0.1) is 5.69 Å². The molecule has 2 aromatic rings. The summed E-state index contributed by atoms with van der Waals surface area (Å²) in [6, 6.07) is 8.62. The minimum Gasteiger partial charge on any atom is -0.309 e. The Balaban J connectivity index is 2.28. The first kappa shape index (κ1) is 14.7. The largest absolute Gasteiger partial charge is 0.309 e. The third-order valence-corrected chi connectivity index (χ3v) is 5.10. The average molecular weight is 339 g/mol. The first-order valence-corrected chi connectivity index (χ1v) is 8.20. The molecule has 0 spiro atoms. The number of nitrogens with zero attached hydrogens (tertiary/aromatic N) is 1. The van der Waals surface area contributed by atoms with Crippen LogP contribution in [0.3, 0.4) is 0 Å². The Morgan fingerprint density at radius 1 is 1.37 bits per heavy atom. The molecule has 0 radical (unpaired) electrons. The van der Waals surface area contributed by atoms with E-state index in [1.807, 2.05) is 6.07 Å². The standard InChI is InChI=1S/C15H19BrN2S/c1-4-9-17-10(2)14-11(3)18-15(19-14)12-7-5-6-8-13(12)16/h5-8,10,17H,4,9H2,1-3H3. The van der Waals surface area contributed by atoms with Gasteiger partial charge in [0.15, 0.2) is 0 Å². The van der Waals surface area contributed by atoms with Crippen LogP contribution >= 0.6 is 27.3 Å². The molecule has 0 amide bonds. The molecule has 1 aromatic heterocycles. The monoisotopic (exact) mass is 338 g/mol. The molecule has 0 fully saturated rings. The predicted molar refractivity (Wildman–Crippen MR) is 86.7 cm³/mol. The fourth-order valence-corrected chi connectivity index (χ4v) is 3.75. The van der Waals surface area contributed by atoms with Crippen molar-refractivity contribution in [2.24, 2.45) is 0 Å². The molecular formula is C15H19BrN2S. The topological polar surface area (TPSA) is 24.9 Å². The normalized spacial score (nSPS) is 12.6. The van der Waals surface area contributed by atoms with E-state index in [0.717, 1.165) is 28.1 Å². The predicted octanol–water partition coefficient (Wildman–Crippen LogP) is 4.94. The fraction of sp³-hybridized carbons (Fsp3) is 0.400. The van der Waals surface area contributed by atoms with Crippen molar-refractivity contribution < 1.29 is 0 Å². The van der Waals surface area contributed by atoms with Gasteiger partial charge in [-0.2, -0.15) is 0 Å². The van der Waals surface area contributed by atoms with Crippen LogP contribution < -0.4 is 5.32 Å². The zero-order valence-corrected chi connectivity index (χ0v) is 13.9. The van der Waals surface area contributed by atoms with Crippen molar-refractivity contribution in [1.29, 1.82) is 0 Å². The van der Waals surface area contributed by atoms with Crippen LogP contribution in [0.4, 0.5) is 0 Å². The van der Waals surface area contributed by atoms with E-state index in [4.69, 9.17) is 4.98 Å². The van der Waals surface area contributed by atoms with E-state index in [1.54, 1.807) is 11.3 Å². The number of hydrogen-bond donors (Lipinski definition) is 1. The molecule has 1 atom stereocenters. The highest BCUT2D eigenvalue weighted by atomic mass is 79.9. The SMILES string of the molecule is CCCNC(C)c1sc(-c2ccccc2Br)nc1C. The summed E-state index contributed by atoms with van der Waals surface area (Å²) in [6.07, 6.45) is 1.15. The van der Waals surface area contributed by atoms with Crippen molar-refractivity contribution in [3.63, 3.8) is 0 Å². The minimum atomic E-state index is 0.369. The molecule has 0 aliphatic carbocycles. The number of rotatable bonds is 5. The second-order valence-corrected chi connectivity index (χ2v) is 6.51. The highest BCUT2D eigenvalue weighted by molar-refractivity contribution is 9.10. The summed E-state index contributed by atoms with van der Waals surface area (Å²) in [6.45, 7) is 7.53. The smallest absolute Gasteiger partial charge is 0.125 e. The van der Waals surface area contributed by atoms with Gasteiger partial charge in [-0.1, -0.05) is 41.1 Å². The Morgan fingerprint density at radius 2 is 2.11 bits per heavy atom. The number of benzene rings is 1. The fourth-order valence-electron chi connectivity index (χ4n) is 2.01. The molecule has 1 N–H and O–H groups in total. The summed E-state index contributed by atoms with van der Waals surface area (Å²) in [5.41, 5.74) is 2.30. The van der Waals surface area contributed by atoms with Crippen LogP contribution in [0, 0.1) is 6.92 Å². The molecule has 1 aromatic carbocycles. The molecule has 19 heavy (non-hydrogen) atoms. The van der Waals surface area contributed by atoms with E-state index in [9.17, 15) is 0 Å². The lowest BCUT2D eigenvalue weighted by Gasteiger charge is -2.11. The van der Waals surface area contributed by atoms with Gasteiger partial charge in [-0.3, -0.25) is 0 Å². The summed E-state index contributed by atoms with van der Waals surface area (Å²) < 4.78 is 1.10. The molecule has 4 heteroatoms. The summed E-state index contributed by atoms with van der Waals surface area (Å²) in [5, 5.41) is 4.62. The number of thiazole rings is 1. The van der Waals surface area contributed by atoms with Crippen molar-refractivity contribution in [3.05, 3.63) is 39.3 Å². The first-order chi connectivity index (χ1) is 9.13. The van der Waals surface area contributed by atoms with E-state index in [0.29, 0.717) is 6.04 Å². The maximum absolute atomic E-state index is 4.72. The summed E-state index contributed by atoms with van der Waals surface area (Å²) in [4.78, 5) is 6.05. The Bertz CT molecular complexity index is 551. The molecule has 0 saturated carbocycles. The number of halogens is 1. The lowest BCUT2D eigenvalue weighted by molar-refractivity contribution is 0.575. The summed E-state index contributed by atoms with van der Waals surface area (Å²) in [7, 11) is 0. The van der Waals surface area contributed by atoms with Crippen LogP contribution in [0.25, 0.3) is 10.6 Å². The Labute approximate surface area is 127 Å². The van der Waals surface area contributed by atoms with E-state index in [2.05, 4.69) is 60.2 Å². The van der Waals surface area contributed by atoms with Crippen molar-refractivity contribution in [1.82, 2.24) is 10.3 Å². The molecule has 0 aliphatic heterocycles. The molecule has 0 bridgehead atoms. The average Bonchev–Trinajstić information content (AvgIpc) is 2.78. The number of aryl methyl sites for hydroxylation is 1. The third kappa shape index (κ3) is 3.44. The van der Waals surface area contributed by atoms with Gasteiger partial charge in [-0.15, -0.1) is 11.3 Å². The molecule has 0 aliphatic rings. The maximum Gasteiger partial charge on any atom is 0.125 e. The van der Waals surface area contributed by atoms with Crippen molar-refractivity contribution in [3.8, 4) is 10.6 Å². The third-order valence-electron chi connectivity index (χ3n) is 3.03. The minimum absolute atomic E-state index is 0.369. The molecule has 0 saturated heterocycles. The number of hydrogen-bond acceptors (Lipinski definition) is 3. The lowest BCUT2D eigenvalue weighted by atomic mass is 10.2. The molecule has 102 valence electrons. The van der Waals surface area contributed by atoms with Crippen LogP contribution in [0.15, 0.2) is 28.7 Å². The zero-order chi connectivity index (χ0) is 13.8. The second-order valence-electron chi connectivity index (χ2n) is 4.62.